The molecule has 2 N–H and O–H groups in total. The Hall–Kier alpha value is -2.25. The number of carbonyl (C=O) groups is 1. The molecule has 0 spiro atoms. The van der Waals surface area contributed by atoms with Crippen molar-refractivity contribution in [2.45, 2.75) is 57.2 Å². The van der Waals surface area contributed by atoms with Crippen LogP contribution in [0.25, 0.3) is 0 Å². The topological polar surface area (TPSA) is 86.3 Å². The van der Waals surface area contributed by atoms with E-state index in [0.29, 0.717) is 18.2 Å². The third kappa shape index (κ3) is 5.22. The van der Waals surface area contributed by atoms with Gasteiger partial charge < -0.3 is 15.4 Å². The van der Waals surface area contributed by atoms with E-state index in [1.165, 1.54) is 12.8 Å². The van der Waals surface area contributed by atoms with Crippen molar-refractivity contribution in [1.82, 2.24) is 19.7 Å². The molecule has 1 atom stereocenters. The van der Waals surface area contributed by atoms with Gasteiger partial charge in [-0.3, -0.25) is 4.79 Å². The number of benzene rings is 1. The predicted molar refractivity (Wildman–Crippen MR) is 110 cm³/mol. The fraction of sp³-hybridized carbons (Fsp3) is 0.591. The number of rotatable bonds is 8. The van der Waals surface area contributed by atoms with E-state index >= 15 is 0 Å². The lowest BCUT2D eigenvalue weighted by Gasteiger charge is -2.31. The number of methoxy groups -OCH3 is 1. The molecule has 2 heterocycles. The standard InChI is InChI=1S/C22H31N5O2/c1-29-18-9-11-26(12-10-18)21(28)15-27-22(24-20(25-27)14-17-7-8-17)19(23)13-16-5-3-2-4-6-16/h2-6,17-19H,7-15,23H2,1H3/t19-/m1/s1. The first-order chi connectivity index (χ1) is 14.1. The highest BCUT2D eigenvalue weighted by Crippen LogP contribution is 2.32. The molecule has 1 amide bonds. The van der Waals surface area contributed by atoms with Crippen LogP contribution in [-0.4, -0.2) is 51.9 Å². The quantitative estimate of drug-likeness (QED) is 0.737. The summed E-state index contributed by atoms with van der Waals surface area (Å²) < 4.78 is 7.15. The number of aromatic nitrogens is 3. The predicted octanol–water partition coefficient (Wildman–Crippen LogP) is 2.11. The largest absolute Gasteiger partial charge is 0.381 e. The summed E-state index contributed by atoms with van der Waals surface area (Å²) in [5.41, 5.74) is 7.67. The van der Waals surface area contributed by atoms with Crippen LogP contribution in [0.3, 0.4) is 0 Å². The number of hydrogen-bond donors (Lipinski definition) is 1. The average Bonchev–Trinajstić information content (AvgIpc) is 3.47. The van der Waals surface area contributed by atoms with Crippen molar-refractivity contribution in [3.05, 3.63) is 47.5 Å². The summed E-state index contributed by atoms with van der Waals surface area (Å²) >= 11 is 0. The Bertz CT molecular complexity index is 810. The molecule has 1 aromatic heterocycles. The summed E-state index contributed by atoms with van der Waals surface area (Å²) in [6.45, 7) is 1.66. The molecule has 0 radical (unpaired) electrons. The Morgan fingerprint density at radius 1 is 1.21 bits per heavy atom. The molecular formula is C22H31N5O2. The molecule has 7 heteroatoms. The van der Waals surface area contributed by atoms with Gasteiger partial charge in [-0.05, 0) is 43.6 Å². The van der Waals surface area contributed by atoms with Crippen molar-refractivity contribution in [1.29, 1.82) is 0 Å². The molecule has 2 aromatic rings. The van der Waals surface area contributed by atoms with Crippen LogP contribution >= 0.6 is 0 Å². The summed E-state index contributed by atoms with van der Waals surface area (Å²) in [7, 11) is 1.74. The van der Waals surface area contributed by atoms with Gasteiger partial charge in [0.05, 0.1) is 12.1 Å². The van der Waals surface area contributed by atoms with E-state index in [1.807, 2.05) is 23.1 Å². The Balaban J connectivity index is 1.47. The molecule has 7 nitrogen and oxygen atoms in total. The Morgan fingerprint density at radius 3 is 2.59 bits per heavy atom. The van der Waals surface area contributed by atoms with Gasteiger partial charge in [-0.1, -0.05) is 30.3 Å². The summed E-state index contributed by atoms with van der Waals surface area (Å²) in [6, 6.07) is 9.87. The smallest absolute Gasteiger partial charge is 0.244 e. The molecule has 2 aliphatic rings. The van der Waals surface area contributed by atoms with E-state index in [9.17, 15) is 4.79 Å². The molecule has 1 aliphatic heterocycles. The molecule has 1 aromatic carbocycles. The van der Waals surface area contributed by atoms with Crippen LogP contribution in [0.4, 0.5) is 0 Å². The maximum atomic E-state index is 12.9. The van der Waals surface area contributed by atoms with E-state index in [-0.39, 0.29) is 24.6 Å². The van der Waals surface area contributed by atoms with Gasteiger partial charge in [0.2, 0.25) is 5.91 Å². The molecule has 29 heavy (non-hydrogen) atoms. The minimum Gasteiger partial charge on any atom is -0.381 e. The Labute approximate surface area is 172 Å². The van der Waals surface area contributed by atoms with Crippen molar-refractivity contribution in [2.75, 3.05) is 20.2 Å². The van der Waals surface area contributed by atoms with E-state index in [4.69, 9.17) is 15.5 Å². The van der Waals surface area contributed by atoms with Crippen LogP contribution in [0.1, 0.15) is 48.9 Å². The summed E-state index contributed by atoms with van der Waals surface area (Å²) in [5, 5.41) is 4.67. The number of likely N-dealkylation sites (tertiary alicyclic amines) is 1. The third-order valence-electron chi connectivity index (χ3n) is 5.96. The highest BCUT2D eigenvalue weighted by Gasteiger charge is 2.28. The van der Waals surface area contributed by atoms with Crippen LogP contribution in [0.2, 0.25) is 0 Å². The van der Waals surface area contributed by atoms with Gasteiger partial charge in [-0.2, -0.15) is 5.10 Å². The van der Waals surface area contributed by atoms with Crippen molar-refractivity contribution in [3.8, 4) is 0 Å². The second-order valence-corrected chi connectivity index (χ2v) is 8.30. The van der Waals surface area contributed by atoms with Gasteiger partial charge in [-0.25, -0.2) is 9.67 Å². The zero-order valence-corrected chi connectivity index (χ0v) is 17.2. The first-order valence-electron chi connectivity index (χ1n) is 10.7. The Kier molecular flexibility index (Phi) is 6.25. The lowest BCUT2D eigenvalue weighted by Crippen LogP contribution is -2.42. The van der Waals surface area contributed by atoms with Gasteiger partial charge in [0.1, 0.15) is 12.4 Å². The summed E-state index contributed by atoms with van der Waals surface area (Å²) in [6.07, 6.45) is 6.06. The highest BCUT2D eigenvalue weighted by atomic mass is 16.5. The lowest BCUT2D eigenvalue weighted by molar-refractivity contribution is -0.134. The minimum absolute atomic E-state index is 0.0792. The van der Waals surface area contributed by atoms with Crippen LogP contribution in [-0.2, 0) is 28.9 Å². The van der Waals surface area contributed by atoms with E-state index in [1.54, 1.807) is 11.8 Å². The SMILES string of the molecule is COC1CCN(C(=O)Cn2nc(CC3CC3)nc2[C@H](N)Cc2ccccc2)CC1. The fourth-order valence-electron chi connectivity index (χ4n) is 3.99. The number of hydrogen-bond acceptors (Lipinski definition) is 5. The lowest BCUT2D eigenvalue weighted by atomic mass is 10.1. The molecule has 2 fully saturated rings. The Morgan fingerprint density at radius 2 is 1.93 bits per heavy atom. The third-order valence-corrected chi connectivity index (χ3v) is 5.96. The molecule has 1 saturated carbocycles. The van der Waals surface area contributed by atoms with Gasteiger partial charge in [0.25, 0.3) is 0 Å². The monoisotopic (exact) mass is 397 g/mol. The average molecular weight is 398 g/mol. The van der Waals surface area contributed by atoms with Gasteiger partial charge in [0.15, 0.2) is 5.82 Å². The van der Waals surface area contributed by atoms with Crippen LogP contribution in [0, 0.1) is 5.92 Å². The molecule has 1 saturated heterocycles. The van der Waals surface area contributed by atoms with Crippen molar-refractivity contribution < 1.29 is 9.53 Å². The summed E-state index contributed by atoms with van der Waals surface area (Å²) in [4.78, 5) is 19.5. The molecule has 156 valence electrons. The first kappa shape index (κ1) is 20.0. The molecular weight excluding hydrogens is 366 g/mol. The zero-order chi connectivity index (χ0) is 20.2. The van der Waals surface area contributed by atoms with Gasteiger partial charge in [0, 0.05) is 26.6 Å². The van der Waals surface area contributed by atoms with Crippen LogP contribution in [0.15, 0.2) is 30.3 Å². The maximum absolute atomic E-state index is 12.9. The molecule has 0 unspecified atom stereocenters. The fourth-order valence-corrected chi connectivity index (χ4v) is 3.99. The normalized spacial score (nSPS) is 18.8. The van der Waals surface area contributed by atoms with Crippen LogP contribution in [0.5, 0.6) is 0 Å². The number of nitrogens with two attached hydrogens (primary N) is 1. The highest BCUT2D eigenvalue weighted by molar-refractivity contribution is 5.76. The van der Waals surface area contributed by atoms with E-state index in [2.05, 4.69) is 17.2 Å². The van der Waals surface area contributed by atoms with Gasteiger partial charge >= 0.3 is 0 Å². The maximum Gasteiger partial charge on any atom is 0.244 e. The van der Waals surface area contributed by atoms with Crippen LogP contribution < -0.4 is 5.73 Å². The number of piperidine rings is 1. The number of amides is 1. The van der Waals surface area contributed by atoms with Gasteiger partial charge in [-0.15, -0.1) is 0 Å². The number of carbonyl (C=O) groups excluding carboxylic acids is 1. The second kappa shape index (κ2) is 9.05. The van der Waals surface area contributed by atoms with Crippen molar-refractivity contribution in [2.24, 2.45) is 11.7 Å². The minimum atomic E-state index is -0.287. The summed E-state index contributed by atoms with van der Waals surface area (Å²) in [5.74, 6) is 2.30. The number of ether oxygens (including phenoxy) is 1. The second-order valence-electron chi connectivity index (χ2n) is 8.30. The zero-order valence-electron chi connectivity index (χ0n) is 17.2. The number of nitrogens with zero attached hydrogens (tertiary/aromatic N) is 4. The van der Waals surface area contributed by atoms with E-state index in [0.717, 1.165) is 43.7 Å². The molecule has 4 rings (SSSR count). The van der Waals surface area contributed by atoms with Crippen molar-refractivity contribution in [3.63, 3.8) is 0 Å². The first-order valence-corrected chi connectivity index (χ1v) is 10.7. The van der Waals surface area contributed by atoms with E-state index < -0.39 is 0 Å². The molecule has 0 bridgehead atoms. The molecule has 1 aliphatic carbocycles. The van der Waals surface area contributed by atoms with Crippen molar-refractivity contribution >= 4 is 5.91 Å².